The summed E-state index contributed by atoms with van der Waals surface area (Å²) in [5.41, 5.74) is 1.13. The number of para-hydroxylation sites is 2. The van der Waals surface area contributed by atoms with Gasteiger partial charge in [0.2, 0.25) is 21.8 Å². The van der Waals surface area contributed by atoms with Crippen molar-refractivity contribution >= 4 is 39.1 Å². The molecular weight excluding hydrogens is 502 g/mol. The van der Waals surface area contributed by atoms with Crippen LogP contribution in [0, 0.1) is 5.92 Å². The molecular formula is C26H36ClN3O5S. The Labute approximate surface area is 219 Å². The van der Waals surface area contributed by atoms with E-state index in [0.29, 0.717) is 23.0 Å². The van der Waals surface area contributed by atoms with Gasteiger partial charge in [-0.05, 0) is 43.0 Å². The van der Waals surface area contributed by atoms with Crippen LogP contribution < -0.4 is 14.4 Å². The summed E-state index contributed by atoms with van der Waals surface area (Å²) in [6, 6.07) is 13.3. The van der Waals surface area contributed by atoms with Gasteiger partial charge >= 0.3 is 0 Å². The van der Waals surface area contributed by atoms with Gasteiger partial charge in [-0.3, -0.25) is 13.9 Å². The first-order valence-electron chi connectivity index (χ1n) is 11.9. The van der Waals surface area contributed by atoms with Crippen LogP contribution in [0.5, 0.6) is 5.75 Å². The molecule has 0 aromatic heterocycles. The third kappa shape index (κ3) is 8.41. The topological polar surface area (TPSA) is 96.0 Å². The fraction of sp³-hybridized carbons (Fsp3) is 0.462. The summed E-state index contributed by atoms with van der Waals surface area (Å²) < 4.78 is 31.6. The Morgan fingerprint density at radius 1 is 1.06 bits per heavy atom. The number of hydrogen-bond donors (Lipinski definition) is 1. The number of rotatable bonds is 13. The Morgan fingerprint density at radius 2 is 1.69 bits per heavy atom. The quantitative estimate of drug-likeness (QED) is 0.415. The Hall–Kier alpha value is -2.78. The average Bonchev–Trinajstić information content (AvgIpc) is 2.83. The van der Waals surface area contributed by atoms with E-state index in [9.17, 15) is 18.0 Å². The Kier molecular flexibility index (Phi) is 11.0. The lowest BCUT2D eigenvalue weighted by atomic mass is 10.1. The lowest BCUT2D eigenvalue weighted by Gasteiger charge is -2.30. The molecule has 0 unspecified atom stereocenters. The van der Waals surface area contributed by atoms with E-state index in [2.05, 4.69) is 5.32 Å². The number of amides is 2. The summed E-state index contributed by atoms with van der Waals surface area (Å²) in [6.07, 6.45) is 1.42. The summed E-state index contributed by atoms with van der Waals surface area (Å²) in [7, 11) is -2.15. The highest BCUT2D eigenvalue weighted by molar-refractivity contribution is 7.92. The minimum Gasteiger partial charge on any atom is -0.495 e. The Morgan fingerprint density at radius 3 is 2.31 bits per heavy atom. The molecule has 0 aliphatic carbocycles. The van der Waals surface area contributed by atoms with Crippen molar-refractivity contribution in [2.45, 2.75) is 46.2 Å². The highest BCUT2D eigenvalue weighted by Gasteiger charge is 2.27. The lowest BCUT2D eigenvalue weighted by Crippen LogP contribution is -2.48. The maximum absolute atomic E-state index is 13.3. The van der Waals surface area contributed by atoms with Gasteiger partial charge in [0.1, 0.15) is 11.8 Å². The van der Waals surface area contributed by atoms with Crippen LogP contribution in [0.2, 0.25) is 5.02 Å². The molecule has 0 radical (unpaired) electrons. The molecule has 0 saturated heterocycles. The van der Waals surface area contributed by atoms with Gasteiger partial charge < -0.3 is 15.0 Å². The number of carbonyl (C=O) groups excluding carboxylic acids is 2. The molecule has 2 aromatic rings. The average molecular weight is 538 g/mol. The van der Waals surface area contributed by atoms with Crippen molar-refractivity contribution in [2.24, 2.45) is 5.92 Å². The van der Waals surface area contributed by atoms with Crippen LogP contribution >= 0.6 is 11.6 Å². The van der Waals surface area contributed by atoms with Gasteiger partial charge in [-0.15, -0.1) is 0 Å². The molecule has 2 amide bonds. The maximum atomic E-state index is 13.3. The molecule has 198 valence electrons. The number of ether oxygens (including phenoxy) is 1. The first kappa shape index (κ1) is 29.5. The van der Waals surface area contributed by atoms with Gasteiger partial charge in [-0.2, -0.15) is 0 Å². The summed E-state index contributed by atoms with van der Waals surface area (Å²) in [5.74, 6) is 0.169. The predicted molar refractivity (Wildman–Crippen MR) is 144 cm³/mol. The molecule has 2 aromatic carbocycles. The van der Waals surface area contributed by atoms with E-state index in [1.165, 1.54) is 16.3 Å². The van der Waals surface area contributed by atoms with Crippen LogP contribution in [-0.2, 0) is 26.2 Å². The molecule has 0 aliphatic heterocycles. The number of carbonyl (C=O) groups is 2. The van der Waals surface area contributed by atoms with Crippen molar-refractivity contribution in [3.8, 4) is 5.75 Å². The molecule has 0 aliphatic rings. The highest BCUT2D eigenvalue weighted by Crippen LogP contribution is 2.30. The van der Waals surface area contributed by atoms with Crippen molar-refractivity contribution in [2.75, 3.05) is 30.8 Å². The van der Waals surface area contributed by atoms with Gasteiger partial charge in [-0.25, -0.2) is 8.42 Å². The second kappa shape index (κ2) is 13.5. The Balaban J connectivity index is 2.20. The van der Waals surface area contributed by atoms with E-state index >= 15 is 0 Å². The molecule has 0 bridgehead atoms. The third-order valence-corrected chi connectivity index (χ3v) is 7.21. The van der Waals surface area contributed by atoms with E-state index in [0.717, 1.165) is 11.8 Å². The van der Waals surface area contributed by atoms with Crippen LogP contribution in [0.15, 0.2) is 48.5 Å². The highest BCUT2D eigenvalue weighted by atomic mass is 35.5. The fourth-order valence-electron chi connectivity index (χ4n) is 3.66. The zero-order chi connectivity index (χ0) is 26.9. The zero-order valence-electron chi connectivity index (χ0n) is 21.5. The van der Waals surface area contributed by atoms with Crippen molar-refractivity contribution in [3.63, 3.8) is 0 Å². The molecule has 36 heavy (non-hydrogen) atoms. The first-order chi connectivity index (χ1) is 17.0. The molecule has 8 nitrogen and oxygen atoms in total. The predicted octanol–water partition coefficient (Wildman–Crippen LogP) is 4.08. The Bertz CT molecular complexity index is 1140. The lowest BCUT2D eigenvalue weighted by molar-refractivity contribution is -0.140. The molecule has 2 rings (SSSR count). The molecule has 10 heteroatoms. The number of nitrogens with zero attached hydrogens (tertiary/aromatic N) is 2. The second-order valence-corrected chi connectivity index (χ2v) is 11.4. The molecule has 0 spiro atoms. The number of nitrogens with one attached hydrogen (secondary N) is 1. The number of hydrogen-bond acceptors (Lipinski definition) is 5. The number of methoxy groups -OCH3 is 1. The van der Waals surface area contributed by atoms with Crippen LogP contribution in [-0.4, -0.2) is 57.6 Å². The van der Waals surface area contributed by atoms with Crippen molar-refractivity contribution in [1.29, 1.82) is 0 Å². The van der Waals surface area contributed by atoms with Crippen molar-refractivity contribution in [1.82, 2.24) is 10.2 Å². The van der Waals surface area contributed by atoms with E-state index in [4.69, 9.17) is 16.3 Å². The monoisotopic (exact) mass is 537 g/mol. The second-order valence-electron chi connectivity index (χ2n) is 9.04. The van der Waals surface area contributed by atoms with Gasteiger partial charge in [0.15, 0.2) is 0 Å². The summed E-state index contributed by atoms with van der Waals surface area (Å²) in [5, 5.41) is 3.38. The summed E-state index contributed by atoms with van der Waals surface area (Å²) >= 11 is 6.33. The number of sulfonamides is 1. The van der Waals surface area contributed by atoms with Crippen LogP contribution in [0.4, 0.5) is 5.69 Å². The van der Waals surface area contributed by atoms with E-state index in [-0.39, 0.29) is 43.7 Å². The molecule has 0 fully saturated rings. The van der Waals surface area contributed by atoms with Gasteiger partial charge in [0.25, 0.3) is 0 Å². The third-order valence-electron chi connectivity index (χ3n) is 5.66. The van der Waals surface area contributed by atoms with Crippen LogP contribution in [0.1, 0.15) is 39.2 Å². The van der Waals surface area contributed by atoms with Crippen LogP contribution in [0.3, 0.4) is 0 Å². The van der Waals surface area contributed by atoms with Gasteiger partial charge in [-0.1, -0.05) is 55.8 Å². The van der Waals surface area contributed by atoms with E-state index in [1.54, 1.807) is 43.3 Å². The number of anilines is 1. The van der Waals surface area contributed by atoms with Crippen LogP contribution in [0.25, 0.3) is 0 Å². The minimum atomic E-state index is -3.62. The first-order valence-corrected chi connectivity index (χ1v) is 14.1. The largest absolute Gasteiger partial charge is 0.495 e. The standard InChI is InChI=1S/C26H36ClN3O5S/c1-19(2)17-28-26(32)20(3)29(18-21-11-6-7-12-22(21)27)25(31)15-10-16-30(36(5,33)34)23-13-8-9-14-24(23)35-4/h6-9,11-14,19-20H,10,15-18H2,1-5H3,(H,28,32)/t20-/m0/s1. The number of halogens is 1. The SMILES string of the molecule is COc1ccccc1N(CCCC(=O)N(Cc1ccccc1Cl)[C@@H](C)C(=O)NCC(C)C)S(C)(=O)=O. The summed E-state index contributed by atoms with van der Waals surface area (Å²) in [6.45, 7) is 6.41. The van der Waals surface area contributed by atoms with Gasteiger partial charge in [0.05, 0.1) is 19.1 Å². The summed E-state index contributed by atoms with van der Waals surface area (Å²) in [4.78, 5) is 27.6. The van der Waals surface area contributed by atoms with Crippen molar-refractivity contribution < 1.29 is 22.7 Å². The maximum Gasteiger partial charge on any atom is 0.242 e. The zero-order valence-corrected chi connectivity index (χ0v) is 23.1. The van der Waals surface area contributed by atoms with E-state index in [1.807, 2.05) is 26.0 Å². The molecule has 0 saturated carbocycles. The van der Waals surface area contributed by atoms with E-state index < -0.39 is 16.1 Å². The molecule has 1 atom stereocenters. The van der Waals surface area contributed by atoms with Gasteiger partial charge in [0, 0.05) is 31.1 Å². The molecule has 1 N–H and O–H groups in total. The van der Waals surface area contributed by atoms with Crippen molar-refractivity contribution in [3.05, 3.63) is 59.1 Å². The molecule has 0 heterocycles. The minimum absolute atomic E-state index is 0.0490. The smallest absolute Gasteiger partial charge is 0.242 e. The number of benzene rings is 2. The fourth-order valence-corrected chi connectivity index (χ4v) is 4.83. The normalized spacial score (nSPS) is 12.2.